The fraction of sp³-hybridized carbons (Fsp3) is 0.778. The van der Waals surface area contributed by atoms with Crippen LogP contribution in [0.25, 0.3) is 0 Å². The molecule has 13 heavy (non-hydrogen) atoms. The molecule has 4 heteroatoms. The summed E-state index contributed by atoms with van der Waals surface area (Å²) in [7, 11) is 1.94. The highest BCUT2D eigenvalue weighted by Gasteiger charge is 1.85. The molecule has 0 bridgehead atoms. The topological polar surface area (TPSA) is 66.4 Å². The highest BCUT2D eigenvalue weighted by atomic mass is 16.4. The van der Waals surface area contributed by atoms with E-state index in [0.717, 1.165) is 32.6 Å². The summed E-state index contributed by atoms with van der Waals surface area (Å²) in [4.78, 5) is 18.8. The number of carboxylic acid groups (broad SMARTS) is 1. The van der Waals surface area contributed by atoms with Crippen LogP contribution in [0, 0.1) is 0 Å². The minimum Gasteiger partial charge on any atom is -0.481 e. The number of carboxylic acids is 1. The van der Waals surface area contributed by atoms with Gasteiger partial charge in [-0.2, -0.15) is 0 Å². The van der Waals surface area contributed by atoms with Gasteiger partial charge in [0.15, 0.2) is 0 Å². The van der Waals surface area contributed by atoms with Crippen molar-refractivity contribution in [1.82, 2.24) is 5.32 Å². The molecule has 0 unspecified atom stereocenters. The van der Waals surface area contributed by atoms with Gasteiger partial charge in [0.2, 0.25) is 0 Å². The summed E-state index contributed by atoms with van der Waals surface area (Å²) in [6.45, 7) is 2.15. The van der Waals surface area contributed by atoms with E-state index in [9.17, 15) is 4.79 Å². The van der Waals surface area contributed by atoms with Gasteiger partial charge in [-0.05, 0) is 26.4 Å². The smallest absolute Gasteiger partial charge is 0.300 e. The minimum absolute atomic E-state index is 0.726. The van der Waals surface area contributed by atoms with E-state index >= 15 is 0 Å². The third-order valence-electron chi connectivity index (χ3n) is 1.25. The Morgan fingerprint density at radius 1 is 1.38 bits per heavy atom. The third-order valence-corrected chi connectivity index (χ3v) is 1.25. The number of carbonyl (C=O) groups is 2. The molecule has 0 aromatic heterocycles. The van der Waals surface area contributed by atoms with Crippen molar-refractivity contribution in [3.8, 4) is 0 Å². The van der Waals surface area contributed by atoms with Crippen molar-refractivity contribution >= 4 is 12.3 Å². The fourth-order valence-electron chi connectivity index (χ4n) is 0.706. The molecule has 0 fully saturated rings. The van der Waals surface area contributed by atoms with E-state index in [2.05, 4.69) is 5.32 Å². The van der Waals surface area contributed by atoms with Gasteiger partial charge in [-0.25, -0.2) is 0 Å². The van der Waals surface area contributed by atoms with Crippen LogP contribution in [0.2, 0.25) is 0 Å². The number of hydrogen-bond donors (Lipinski definition) is 2. The van der Waals surface area contributed by atoms with Crippen LogP contribution in [0.1, 0.15) is 32.6 Å². The molecule has 2 N–H and O–H groups in total. The van der Waals surface area contributed by atoms with Crippen molar-refractivity contribution in [2.75, 3.05) is 13.6 Å². The molecule has 78 valence electrons. The SMILES string of the molecule is CC(=O)O.CNCCCCCC=O. The van der Waals surface area contributed by atoms with Gasteiger partial charge in [0.1, 0.15) is 6.29 Å². The first kappa shape index (κ1) is 14.6. The van der Waals surface area contributed by atoms with Gasteiger partial charge >= 0.3 is 0 Å². The summed E-state index contributed by atoms with van der Waals surface area (Å²) in [5.41, 5.74) is 0. The summed E-state index contributed by atoms with van der Waals surface area (Å²) in [6.07, 6.45) is 5.11. The van der Waals surface area contributed by atoms with Crippen LogP contribution in [0.4, 0.5) is 0 Å². The zero-order valence-electron chi connectivity index (χ0n) is 8.38. The molecule has 0 atom stereocenters. The molecule has 0 saturated carbocycles. The fourth-order valence-corrected chi connectivity index (χ4v) is 0.706. The number of nitrogens with one attached hydrogen (secondary N) is 1. The van der Waals surface area contributed by atoms with E-state index in [1.165, 1.54) is 12.8 Å². The van der Waals surface area contributed by atoms with Crippen LogP contribution in [-0.4, -0.2) is 31.0 Å². The average molecular weight is 189 g/mol. The lowest BCUT2D eigenvalue weighted by molar-refractivity contribution is -0.134. The summed E-state index contributed by atoms with van der Waals surface area (Å²) in [5.74, 6) is -0.833. The molecule has 4 nitrogen and oxygen atoms in total. The van der Waals surface area contributed by atoms with E-state index in [1.807, 2.05) is 7.05 Å². The molecule has 0 heterocycles. The van der Waals surface area contributed by atoms with Gasteiger partial charge < -0.3 is 15.2 Å². The Balaban J connectivity index is 0. The second kappa shape index (κ2) is 13.7. The van der Waals surface area contributed by atoms with Gasteiger partial charge in [0.25, 0.3) is 5.97 Å². The Labute approximate surface area is 79.3 Å². The quantitative estimate of drug-likeness (QED) is 0.484. The van der Waals surface area contributed by atoms with Crippen LogP contribution < -0.4 is 5.32 Å². The van der Waals surface area contributed by atoms with Gasteiger partial charge in [0, 0.05) is 13.3 Å². The Morgan fingerprint density at radius 3 is 2.31 bits per heavy atom. The molecule has 0 aliphatic carbocycles. The summed E-state index contributed by atoms with van der Waals surface area (Å²) in [6, 6.07) is 0. The Hall–Kier alpha value is -0.900. The number of rotatable bonds is 6. The molecule has 0 aliphatic rings. The second-order valence-electron chi connectivity index (χ2n) is 2.64. The van der Waals surface area contributed by atoms with E-state index in [-0.39, 0.29) is 0 Å². The Morgan fingerprint density at radius 2 is 1.92 bits per heavy atom. The van der Waals surface area contributed by atoms with Crippen molar-refractivity contribution in [2.24, 2.45) is 0 Å². The number of hydrogen-bond acceptors (Lipinski definition) is 3. The van der Waals surface area contributed by atoms with E-state index in [4.69, 9.17) is 9.90 Å². The number of aldehydes is 1. The van der Waals surface area contributed by atoms with Crippen molar-refractivity contribution in [2.45, 2.75) is 32.6 Å². The van der Waals surface area contributed by atoms with Gasteiger partial charge in [-0.3, -0.25) is 4.79 Å². The summed E-state index contributed by atoms with van der Waals surface area (Å²) >= 11 is 0. The molecule has 0 radical (unpaired) electrons. The Bertz CT molecular complexity index is 122. The predicted molar refractivity (Wildman–Crippen MR) is 51.8 cm³/mol. The molecular formula is C9H19NO3. The lowest BCUT2D eigenvalue weighted by Crippen LogP contribution is -2.06. The van der Waals surface area contributed by atoms with Crippen LogP contribution in [0.3, 0.4) is 0 Å². The number of carbonyl (C=O) groups excluding carboxylic acids is 1. The monoisotopic (exact) mass is 189 g/mol. The highest BCUT2D eigenvalue weighted by molar-refractivity contribution is 5.62. The van der Waals surface area contributed by atoms with Crippen LogP contribution in [0.15, 0.2) is 0 Å². The van der Waals surface area contributed by atoms with E-state index in [0.29, 0.717) is 0 Å². The standard InChI is InChI=1S/C7H15NO.C2H4O2/c1-8-6-4-2-3-5-7-9;1-2(3)4/h7-8H,2-6H2,1H3;1H3,(H,3,4). The maximum absolute atomic E-state index is 9.82. The average Bonchev–Trinajstić information content (AvgIpc) is 2.03. The van der Waals surface area contributed by atoms with Crippen molar-refractivity contribution in [3.63, 3.8) is 0 Å². The normalized spacial score (nSPS) is 8.46. The molecule has 0 rings (SSSR count). The molecule has 0 amide bonds. The number of unbranched alkanes of at least 4 members (excludes halogenated alkanes) is 3. The van der Waals surface area contributed by atoms with Crippen LogP contribution >= 0.6 is 0 Å². The maximum atomic E-state index is 9.82. The first-order chi connectivity index (χ1) is 6.15. The van der Waals surface area contributed by atoms with Gasteiger partial charge in [-0.1, -0.05) is 6.42 Å². The molecule has 0 aliphatic heterocycles. The lowest BCUT2D eigenvalue weighted by Gasteiger charge is -1.95. The zero-order valence-corrected chi connectivity index (χ0v) is 8.38. The van der Waals surface area contributed by atoms with E-state index < -0.39 is 5.97 Å². The Kier molecular flexibility index (Phi) is 15.4. The van der Waals surface area contributed by atoms with Crippen molar-refractivity contribution in [1.29, 1.82) is 0 Å². The van der Waals surface area contributed by atoms with Gasteiger partial charge in [0.05, 0.1) is 0 Å². The molecule has 0 aromatic carbocycles. The first-order valence-electron chi connectivity index (χ1n) is 4.43. The lowest BCUT2D eigenvalue weighted by atomic mass is 10.2. The molecular weight excluding hydrogens is 170 g/mol. The summed E-state index contributed by atoms with van der Waals surface area (Å²) in [5, 5.41) is 10.5. The summed E-state index contributed by atoms with van der Waals surface area (Å²) < 4.78 is 0. The van der Waals surface area contributed by atoms with Gasteiger partial charge in [-0.15, -0.1) is 0 Å². The zero-order chi connectivity index (χ0) is 10.5. The van der Waals surface area contributed by atoms with Crippen LogP contribution in [0.5, 0.6) is 0 Å². The van der Waals surface area contributed by atoms with E-state index in [1.54, 1.807) is 0 Å². The maximum Gasteiger partial charge on any atom is 0.300 e. The largest absolute Gasteiger partial charge is 0.481 e. The van der Waals surface area contributed by atoms with Crippen LogP contribution in [-0.2, 0) is 9.59 Å². The molecule has 0 saturated heterocycles. The van der Waals surface area contributed by atoms with Crippen molar-refractivity contribution in [3.05, 3.63) is 0 Å². The third kappa shape index (κ3) is 35.3. The number of aliphatic carboxylic acids is 1. The second-order valence-corrected chi connectivity index (χ2v) is 2.64. The molecule has 0 aromatic rings. The minimum atomic E-state index is -0.833. The van der Waals surface area contributed by atoms with Crippen molar-refractivity contribution < 1.29 is 14.7 Å². The molecule has 0 spiro atoms. The predicted octanol–water partition coefficient (Wildman–Crippen LogP) is 1.06. The highest BCUT2D eigenvalue weighted by Crippen LogP contribution is 1.95. The first-order valence-corrected chi connectivity index (χ1v) is 4.43.